The molecule has 0 saturated heterocycles. The van der Waals surface area contributed by atoms with E-state index >= 15 is 0 Å². The molecule has 1 atom stereocenters. The minimum atomic E-state index is -3.63. The van der Waals surface area contributed by atoms with Gasteiger partial charge in [0.2, 0.25) is 0 Å². The number of fused-ring (bicyclic) bond motifs is 1. The van der Waals surface area contributed by atoms with Gasteiger partial charge in [0, 0.05) is 17.7 Å². The summed E-state index contributed by atoms with van der Waals surface area (Å²) in [6.45, 7) is 1.92. The number of hydrogen-bond acceptors (Lipinski definition) is 4. The number of ether oxygens (including phenoxy) is 2. The van der Waals surface area contributed by atoms with E-state index in [2.05, 4.69) is 4.72 Å². The zero-order valence-corrected chi connectivity index (χ0v) is 16.5. The Balaban J connectivity index is 1.52. The zero-order chi connectivity index (χ0) is 19.7. The molecule has 0 aliphatic carbocycles. The third-order valence-corrected chi connectivity index (χ3v) is 6.20. The molecule has 0 saturated carbocycles. The largest absolute Gasteiger partial charge is 0.497 e. The fraction of sp³-hybridized carbons (Fsp3) is 0.182. The second-order valence-corrected chi connectivity index (χ2v) is 8.51. The van der Waals surface area contributed by atoms with E-state index in [4.69, 9.17) is 9.47 Å². The smallest absolute Gasteiger partial charge is 0.261 e. The second-order valence-electron chi connectivity index (χ2n) is 6.82. The molecule has 5 nitrogen and oxygen atoms in total. The molecule has 1 aliphatic heterocycles. The molecule has 0 radical (unpaired) electrons. The molecular weight excluding hydrogens is 374 g/mol. The molecule has 3 aromatic rings. The highest BCUT2D eigenvalue weighted by molar-refractivity contribution is 7.92. The van der Waals surface area contributed by atoms with Crippen molar-refractivity contribution >= 4 is 15.7 Å². The van der Waals surface area contributed by atoms with Gasteiger partial charge in [0.1, 0.15) is 17.6 Å². The SMILES string of the molecule is COc1ccc(C2Cc3cc(NS(=O)(=O)c4ccc(C)cc4)ccc3O2)cc1. The van der Waals surface area contributed by atoms with Gasteiger partial charge in [0.15, 0.2) is 0 Å². The number of methoxy groups -OCH3 is 1. The Hall–Kier alpha value is -2.99. The van der Waals surface area contributed by atoms with E-state index in [-0.39, 0.29) is 11.0 Å². The van der Waals surface area contributed by atoms with Crippen LogP contribution in [0.1, 0.15) is 22.8 Å². The van der Waals surface area contributed by atoms with Crippen molar-refractivity contribution in [1.82, 2.24) is 0 Å². The van der Waals surface area contributed by atoms with Gasteiger partial charge >= 0.3 is 0 Å². The van der Waals surface area contributed by atoms with Gasteiger partial charge in [-0.25, -0.2) is 8.42 Å². The van der Waals surface area contributed by atoms with Crippen molar-refractivity contribution in [2.45, 2.75) is 24.3 Å². The summed E-state index contributed by atoms with van der Waals surface area (Å²) in [5, 5.41) is 0. The predicted octanol–water partition coefficient (Wildman–Crippen LogP) is 4.48. The number of anilines is 1. The summed E-state index contributed by atoms with van der Waals surface area (Å²) in [4.78, 5) is 0.242. The molecular formula is C22H21NO4S. The first-order valence-electron chi connectivity index (χ1n) is 8.98. The highest BCUT2D eigenvalue weighted by atomic mass is 32.2. The van der Waals surface area contributed by atoms with Crippen molar-refractivity contribution in [1.29, 1.82) is 0 Å². The van der Waals surface area contributed by atoms with Crippen LogP contribution in [0.5, 0.6) is 11.5 Å². The van der Waals surface area contributed by atoms with Crippen molar-refractivity contribution in [2.75, 3.05) is 11.8 Å². The van der Waals surface area contributed by atoms with Gasteiger partial charge in [-0.05, 0) is 55.0 Å². The minimum absolute atomic E-state index is 0.0927. The first-order chi connectivity index (χ1) is 13.4. The van der Waals surface area contributed by atoms with Crippen LogP contribution in [-0.2, 0) is 16.4 Å². The van der Waals surface area contributed by atoms with Crippen LogP contribution in [0.25, 0.3) is 0 Å². The van der Waals surface area contributed by atoms with Crippen LogP contribution < -0.4 is 14.2 Å². The molecule has 0 bridgehead atoms. The van der Waals surface area contributed by atoms with Gasteiger partial charge in [0.25, 0.3) is 10.0 Å². The van der Waals surface area contributed by atoms with Crippen LogP contribution in [0.2, 0.25) is 0 Å². The van der Waals surface area contributed by atoms with E-state index in [0.717, 1.165) is 28.2 Å². The number of rotatable bonds is 5. The summed E-state index contributed by atoms with van der Waals surface area (Å²) in [5.41, 5.74) is 3.57. The molecule has 4 rings (SSSR count). The Morgan fingerprint density at radius 2 is 1.71 bits per heavy atom. The Morgan fingerprint density at radius 1 is 1.00 bits per heavy atom. The van der Waals surface area contributed by atoms with Gasteiger partial charge in [-0.3, -0.25) is 4.72 Å². The number of aryl methyl sites for hydroxylation is 1. The summed E-state index contributed by atoms with van der Waals surface area (Å²) in [6.07, 6.45) is 0.590. The highest BCUT2D eigenvalue weighted by Crippen LogP contribution is 2.38. The Bertz CT molecular complexity index is 1090. The number of nitrogens with one attached hydrogen (secondary N) is 1. The van der Waals surface area contributed by atoms with Crippen molar-refractivity contribution in [3.05, 3.63) is 83.4 Å². The third kappa shape index (κ3) is 3.68. The average Bonchev–Trinajstić information content (AvgIpc) is 3.11. The molecule has 0 amide bonds. The summed E-state index contributed by atoms with van der Waals surface area (Å²) in [6, 6.07) is 19.9. The fourth-order valence-electron chi connectivity index (χ4n) is 3.25. The lowest BCUT2D eigenvalue weighted by atomic mass is 10.0. The molecule has 1 unspecified atom stereocenters. The van der Waals surface area contributed by atoms with Gasteiger partial charge in [-0.15, -0.1) is 0 Å². The van der Waals surface area contributed by atoms with Gasteiger partial charge in [-0.2, -0.15) is 0 Å². The first-order valence-corrected chi connectivity index (χ1v) is 10.5. The molecule has 1 aliphatic rings. The molecule has 3 aromatic carbocycles. The van der Waals surface area contributed by atoms with Crippen LogP contribution in [-0.4, -0.2) is 15.5 Å². The molecule has 1 N–H and O–H groups in total. The van der Waals surface area contributed by atoms with Crippen molar-refractivity contribution in [3.8, 4) is 11.5 Å². The molecule has 1 heterocycles. The van der Waals surface area contributed by atoms with E-state index < -0.39 is 10.0 Å². The van der Waals surface area contributed by atoms with E-state index in [1.165, 1.54) is 0 Å². The maximum absolute atomic E-state index is 12.6. The van der Waals surface area contributed by atoms with Crippen molar-refractivity contribution in [2.24, 2.45) is 0 Å². The van der Waals surface area contributed by atoms with Crippen LogP contribution >= 0.6 is 0 Å². The van der Waals surface area contributed by atoms with E-state index in [9.17, 15) is 8.42 Å². The number of hydrogen-bond donors (Lipinski definition) is 1. The van der Waals surface area contributed by atoms with E-state index in [1.54, 1.807) is 37.4 Å². The van der Waals surface area contributed by atoms with E-state index in [1.807, 2.05) is 43.3 Å². The Morgan fingerprint density at radius 3 is 2.39 bits per heavy atom. The third-order valence-electron chi connectivity index (χ3n) is 4.81. The monoisotopic (exact) mass is 395 g/mol. The minimum Gasteiger partial charge on any atom is -0.497 e. The van der Waals surface area contributed by atoms with Gasteiger partial charge in [0.05, 0.1) is 12.0 Å². The standard InChI is InChI=1S/C22H21NO4S/c1-15-3-10-20(11-4-15)28(24,25)23-18-7-12-21-17(13-18)14-22(27-21)16-5-8-19(26-2)9-6-16/h3-13,22-23H,14H2,1-2H3. The van der Waals surface area contributed by atoms with Crippen LogP contribution in [0.4, 0.5) is 5.69 Å². The fourth-order valence-corrected chi connectivity index (χ4v) is 4.30. The quantitative estimate of drug-likeness (QED) is 0.692. The van der Waals surface area contributed by atoms with Crippen molar-refractivity contribution < 1.29 is 17.9 Å². The van der Waals surface area contributed by atoms with Crippen molar-refractivity contribution in [3.63, 3.8) is 0 Å². The summed E-state index contributed by atoms with van der Waals surface area (Å²) in [5.74, 6) is 1.58. The summed E-state index contributed by atoms with van der Waals surface area (Å²) >= 11 is 0. The normalized spacial score (nSPS) is 15.6. The molecule has 0 spiro atoms. The molecule has 0 aromatic heterocycles. The summed E-state index contributed by atoms with van der Waals surface area (Å²) < 4.78 is 39.1. The lowest BCUT2D eigenvalue weighted by Crippen LogP contribution is -2.12. The summed E-state index contributed by atoms with van der Waals surface area (Å²) in [7, 11) is -1.99. The molecule has 28 heavy (non-hydrogen) atoms. The lowest BCUT2D eigenvalue weighted by molar-refractivity contribution is 0.238. The van der Waals surface area contributed by atoms with Crippen LogP contribution in [0.3, 0.4) is 0 Å². The van der Waals surface area contributed by atoms with Crippen LogP contribution in [0, 0.1) is 6.92 Å². The Kier molecular flexibility index (Phi) is 4.73. The maximum atomic E-state index is 12.6. The molecule has 0 fully saturated rings. The topological polar surface area (TPSA) is 64.6 Å². The van der Waals surface area contributed by atoms with Crippen LogP contribution in [0.15, 0.2) is 71.6 Å². The lowest BCUT2D eigenvalue weighted by Gasteiger charge is -2.11. The number of sulfonamides is 1. The van der Waals surface area contributed by atoms with Gasteiger partial charge < -0.3 is 9.47 Å². The predicted molar refractivity (Wildman–Crippen MR) is 108 cm³/mol. The number of benzene rings is 3. The second kappa shape index (κ2) is 7.20. The zero-order valence-electron chi connectivity index (χ0n) is 15.7. The Labute approximate surface area is 165 Å². The average molecular weight is 395 g/mol. The van der Waals surface area contributed by atoms with Gasteiger partial charge in [-0.1, -0.05) is 29.8 Å². The first kappa shape index (κ1) is 18.4. The van der Waals surface area contributed by atoms with E-state index in [0.29, 0.717) is 12.1 Å². The maximum Gasteiger partial charge on any atom is 0.261 e. The molecule has 6 heteroatoms. The molecule has 144 valence electrons. The highest BCUT2D eigenvalue weighted by Gasteiger charge is 2.25.